The van der Waals surface area contributed by atoms with Crippen molar-refractivity contribution >= 4 is 34.1 Å². The standard InChI is InChI=1S/C15H15N3S2/c1-16-14(9-19-15-17-10-18-20-15)13-7-6-11-4-2-3-5-12(11)8-13/h2-8,10,14,16H,9H2,1H3. The lowest BCUT2D eigenvalue weighted by Crippen LogP contribution is -2.18. The molecule has 20 heavy (non-hydrogen) atoms. The molecule has 3 rings (SSSR count). The van der Waals surface area contributed by atoms with Crippen LogP contribution in [-0.2, 0) is 0 Å². The van der Waals surface area contributed by atoms with Crippen molar-refractivity contribution < 1.29 is 0 Å². The Kier molecular flexibility index (Phi) is 4.30. The number of fused-ring (bicyclic) bond motifs is 1. The van der Waals surface area contributed by atoms with Crippen molar-refractivity contribution in [3.63, 3.8) is 0 Å². The van der Waals surface area contributed by atoms with Crippen molar-refractivity contribution in [1.82, 2.24) is 14.7 Å². The van der Waals surface area contributed by atoms with Crippen molar-refractivity contribution in [2.75, 3.05) is 12.8 Å². The van der Waals surface area contributed by atoms with Crippen LogP contribution < -0.4 is 5.32 Å². The van der Waals surface area contributed by atoms with Gasteiger partial charge in [0.15, 0.2) is 4.34 Å². The van der Waals surface area contributed by atoms with Gasteiger partial charge in [0.05, 0.1) is 0 Å². The van der Waals surface area contributed by atoms with Crippen LogP contribution in [0.1, 0.15) is 11.6 Å². The Morgan fingerprint density at radius 3 is 2.80 bits per heavy atom. The molecule has 0 amide bonds. The molecule has 1 aromatic heterocycles. The highest BCUT2D eigenvalue weighted by atomic mass is 32.2. The Labute approximate surface area is 126 Å². The number of nitrogens with one attached hydrogen (secondary N) is 1. The van der Waals surface area contributed by atoms with Gasteiger partial charge in [-0.15, -0.1) is 0 Å². The maximum absolute atomic E-state index is 4.21. The number of hydrogen-bond donors (Lipinski definition) is 1. The Hall–Kier alpha value is -1.43. The summed E-state index contributed by atoms with van der Waals surface area (Å²) in [7, 11) is 2.00. The summed E-state index contributed by atoms with van der Waals surface area (Å²) in [6.45, 7) is 0. The molecule has 3 nitrogen and oxygen atoms in total. The van der Waals surface area contributed by atoms with Gasteiger partial charge in [-0.3, -0.25) is 0 Å². The Morgan fingerprint density at radius 2 is 2.05 bits per heavy atom. The zero-order valence-corrected chi connectivity index (χ0v) is 12.7. The Morgan fingerprint density at radius 1 is 1.20 bits per heavy atom. The fourth-order valence-electron chi connectivity index (χ4n) is 2.15. The summed E-state index contributed by atoms with van der Waals surface area (Å²) in [4.78, 5) is 4.21. The molecule has 2 aromatic carbocycles. The van der Waals surface area contributed by atoms with Gasteiger partial charge in [0.1, 0.15) is 6.33 Å². The van der Waals surface area contributed by atoms with Crippen LogP contribution in [0.25, 0.3) is 10.8 Å². The van der Waals surface area contributed by atoms with Gasteiger partial charge in [-0.2, -0.15) is 4.37 Å². The Bertz CT molecular complexity index is 682. The van der Waals surface area contributed by atoms with E-state index in [1.165, 1.54) is 27.9 Å². The van der Waals surface area contributed by atoms with E-state index in [4.69, 9.17) is 0 Å². The lowest BCUT2D eigenvalue weighted by atomic mass is 10.0. The van der Waals surface area contributed by atoms with E-state index in [0.717, 1.165) is 10.1 Å². The van der Waals surface area contributed by atoms with Crippen LogP contribution in [-0.4, -0.2) is 22.2 Å². The van der Waals surface area contributed by atoms with Gasteiger partial charge in [0.25, 0.3) is 0 Å². The molecule has 0 saturated carbocycles. The predicted molar refractivity (Wildman–Crippen MR) is 86.4 cm³/mol. The maximum atomic E-state index is 4.21. The first-order valence-electron chi connectivity index (χ1n) is 6.42. The van der Waals surface area contributed by atoms with Crippen LogP contribution in [0.3, 0.4) is 0 Å². The monoisotopic (exact) mass is 301 g/mol. The largest absolute Gasteiger partial charge is 0.312 e. The summed E-state index contributed by atoms with van der Waals surface area (Å²) in [6.07, 6.45) is 1.61. The molecule has 0 spiro atoms. The predicted octanol–water partition coefficient (Wildman–Crippen LogP) is 3.74. The first kappa shape index (κ1) is 13.5. The molecular weight excluding hydrogens is 286 g/mol. The second-order valence-electron chi connectivity index (χ2n) is 4.47. The van der Waals surface area contributed by atoms with E-state index in [9.17, 15) is 0 Å². The third kappa shape index (κ3) is 3.00. The number of hydrogen-bond acceptors (Lipinski definition) is 5. The topological polar surface area (TPSA) is 37.8 Å². The van der Waals surface area contributed by atoms with Gasteiger partial charge in [0, 0.05) is 11.8 Å². The van der Waals surface area contributed by atoms with Crippen LogP contribution in [0, 0.1) is 0 Å². The van der Waals surface area contributed by atoms with Gasteiger partial charge >= 0.3 is 0 Å². The third-order valence-corrected chi connectivity index (χ3v) is 5.13. The fraction of sp³-hybridized carbons (Fsp3) is 0.200. The molecular formula is C15H15N3S2. The van der Waals surface area contributed by atoms with Gasteiger partial charge in [-0.05, 0) is 41.0 Å². The minimum atomic E-state index is 0.313. The number of rotatable bonds is 5. The molecule has 0 bridgehead atoms. The van der Waals surface area contributed by atoms with Crippen molar-refractivity contribution in [1.29, 1.82) is 0 Å². The summed E-state index contributed by atoms with van der Waals surface area (Å²) >= 11 is 3.19. The van der Waals surface area contributed by atoms with Crippen molar-refractivity contribution in [3.8, 4) is 0 Å². The molecule has 102 valence electrons. The second-order valence-corrected chi connectivity index (χ2v) is 6.51. The molecule has 0 aliphatic carbocycles. The SMILES string of the molecule is CNC(CSc1ncns1)c1ccc2ccccc2c1. The van der Waals surface area contributed by atoms with Crippen LogP contribution in [0.5, 0.6) is 0 Å². The molecule has 5 heteroatoms. The molecule has 0 aliphatic heterocycles. The fourth-order valence-corrected chi connectivity index (χ4v) is 3.76. The first-order chi connectivity index (χ1) is 9.86. The summed E-state index contributed by atoms with van der Waals surface area (Å²) in [5.74, 6) is 0.948. The zero-order chi connectivity index (χ0) is 13.8. The molecule has 3 aromatic rings. The van der Waals surface area contributed by atoms with E-state index in [1.54, 1.807) is 18.1 Å². The smallest absolute Gasteiger partial charge is 0.169 e. The molecule has 1 N–H and O–H groups in total. The number of nitrogens with zero attached hydrogens (tertiary/aromatic N) is 2. The number of benzene rings is 2. The minimum absolute atomic E-state index is 0.313. The summed E-state index contributed by atoms with van der Waals surface area (Å²) in [5.41, 5.74) is 1.31. The maximum Gasteiger partial charge on any atom is 0.169 e. The van der Waals surface area contributed by atoms with Crippen molar-refractivity contribution in [3.05, 3.63) is 54.4 Å². The molecule has 0 fully saturated rings. The van der Waals surface area contributed by atoms with Gasteiger partial charge < -0.3 is 5.32 Å². The van der Waals surface area contributed by atoms with E-state index in [0.29, 0.717) is 6.04 Å². The first-order valence-corrected chi connectivity index (χ1v) is 8.18. The van der Waals surface area contributed by atoms with E-state index < -0.39 is 0 Å². The number of aromatic nitrogens is 2. The molecule has 1 heterocycles. The van der Waals surface area contributed by atoms with Gasteiger partial charge in [0.2, 0.25) is 0 Å². The quantitative estimate of drug-likeness (QED) is 0.728. The molecule has 1 unspecified atom stereocenters. The molecule has 0 aliphatic rings. The highest BCUT2D eigenvalue weighted by Gasteiger charge is 2.11. The van der Waals surface area contributed by atoms with Crippen molar-refractivity contribution in [2.24, 2.45) is 0 Å². The molecule has 0 radical (unpaired) electrons. The lowest BCUT2D eigenvalue weighted by Gasteiger charge is -2.16. The van der Waals surface area contributed by atoms with Crippen LogP contribution >= 0.6 is 23.3 Å². The normalized spacial score (nSPS) is 12.7. The molecule has 1 atom stereocenters. The lowest BCUT2D eigenvalue weighted by molar-refractivity contribution is 0.662. The summed E-state index contributed by atoms with van der Waals surface area (Å²) in [6, 6.07) is 15.4. The van der Waals surface area contributed by atoms with Crippen LogP contribution in [0.2, 0.25) is 0 Å². The van der Waals surface area contributed by atoms with E-state index in [2.05, 4.69) is 57.1 Å². The average molecular weight is 301 g/mol. The summed E-state index contributed by atoms with van der Waals surface area (Å²) in [5, 5.41) is 5.95. The van der Waals surface area contributed by atoms with E-state index in [-0.39, 0.29) is 0 Å². The minimum Gasteiger partial charge on any atom is -0.312 e. The van der Waals surface area contributed by atoms with E-state index in [1.807, 2.05) is 7.05 Å². The van der Waals surface area contributed by atoms with Crippen LogP contribution in [0.15, 0.2) is 53.1 Å². The van der Waals surface area contributed by atoms with Crippen molar-refractivity contribution in [2.45, 2.75) is 10.4 Å². The zero-order valence-electron chi connectivity index (χ0n) is 11.1. The third-order valence-electron chi connectivity index (χ3n) is 3.24. The average Bonchev–Trinajstić information content (AvgIpc) is 3.01. The second kappa shape index (κ2) is 6.35. The van der Waals surface area contributed by atoms with E-state index >= 15 is 0 Å². The van der Waals surface area contributed by atoms with Crippen LogP contribution in [0.4, 0.5) is 0 Å². The van der Waals surface area contributed by atoms with Gasteiger partial charge in [-0.1, -0.05) is 48.2 Å². The summed E-state index contributed by atoms with van der Waals surface area (Å²) < 4.78 is 5.05. The highest BCUT2D eigenvalue weighted by Crippen LogP contribution is 2.27. The highest BCUT2D eigenvalue weighted by molar-refractivity contribution is 8.00. The van der Waals surface area contributed by atoms with Gasteiger partial charge in [-0.25, -0.2) is 4.98 Å². The number of thioether (sulfide) groups is 1. The molecule has 0 saturated heterocycles. The Balaban J connectivity index is 1.79.